The lowest BCUT2D eigenvalue weighted by molar-refractivity contribution is -0.140. The van der Waals surface area contributed by atoms with E-state index in [1.165, 1.54) is 18.7 Å². The Morgan fingerprint density at radius 1 is 0.446 bits per heavy atom. The summed E-state index contributed by atoms with van der Waals surface area (Å²) in [6.07, 6.45) is -2.44. The summed E-state index contributed by atoms with van der Waals surface area (Å²) in [6, 6.07) is -12.3. The van der Waals surface area contributed by atoms with Gasteiger partial charge in [0.2, 0.25) is 65.0 Å². The molecule has 0 bridgehead atoms. The number of aliphatic carboxylic acids is 2. The highest BCUT2D eigenvalue weighted by Gasteiger charge is 2.34. The first-order valence-electron chi connectivity index (χ1n) is 22.9. The molecule has 0 heterocycles. The van der Waals surface area contributed by atoms with Crippen LogP contribution in [0.2, 0.25) is 0 Å². The number of carbonyl (C=O) groups excluding carboxylic acids is 11. The molecule has 11 amide bonds. The number of carboxylic acid groups (broad SMARTS) is 2. The van der Waals surface area contributed by atoms with Gasteiger partial charge in [-0.15, -0.1) is 0 Å². The Balaban J connectivity index is 6.92. The van der Waals surface area contributed by atoms with Crippen LogP contribution in [0.3, 0.4) is 0 Å². The molecule has 0 aromatic carbocycles. The number of primary amides is 3. The van der Waals surface area contributed by atoms with Gasteiger partial charge in [0.25, 0.3) is 0 Å². The molecule has 0 aliphatic heterocycles. The highest BCUT2D eigenvalue weighted by atomic mass is 32.2. The van der Waals surface area contributed by atoms with E-state index in [9.17, 15) is 67.4 Å². The van der Waals surface area contributed by atoms with Crippen LogP contribution >= 0.6 is 11.8 Å². The van der Waals surface area contributed by atoms with Gasteiger partial charge in [0.1, 0.15) is 48.3 Å². The number of nitrogens with one attached hydrogen (secondary N) is 8. The number of amides is 11. The number of carboxylic acids is 2. The molecule has 0 unspecified atom stereocenters. The van der Waals surface area contributed by atoms with E-state index in [0.29, 0.717) is 0 Å². The van der Waals surface area contributed by atoms with Gasteiger partial charge in [-0.1, -0.05) is 0 Å². The molecule has 0 aliphatic carbocycles. The molecule has 0 radical (unpaired) electrons. The van der Waals surface area contributed by atoms with E-state index in [0.717, 1.165) is 6.92 Å². The second-order valence-electron chi connectivity index (χ2n) is 16.5. The third-order valence-electron chi connectivity index (χ3n) is 10.2. The average molecular weight is 1070 g/mol. The van der Waals surface area contributed by atoms with E-state index >= 15 is 0 Å². The van der Waals surface area contributed by atoms with Crippen LogP contribution in [-0.2, 0) is 62.3 Å². The van der Waals surface area contributed by atoms with Crippen LogP contribution in [0.5, 0.6) is 0 Å². The fraction of sp³-hybridized carbons (Fsp3) is 0.634. The van der Waals surface area contributed by atoms with Gasteiger partial charge in [-0.2, -0.15) is 11.8 Å². The van der Waals surface area contributed by atoms with Gasteiger partial charge >= 0.3 is 11.9 Å². The highest BCUT2D eigenvalue weighted by Crippen LogP contribution is 2.10. The van der Waals surface area contributed by atoms with Crippen LogP contribution in [0.4, 0.5) is 0 Å². The molecule has 0 aliphatic rings. The van der Waals surface area contributed by atoms with E-state index in [1.807, 2.05) is 0 Å². The largest absolute Gasteiger partial charge is 0.481 e. The second-order valence-corrected chi connectivity index (χ2v) is 17.5. The van der Waals surface area contributed by atoms with Gasteiger partial charge in [-0.05, 0) is 70.3 Å². The zero-order valence-corrected chi connectivity index (χ0v) is 42.1. The number of guanidine groups is 2. The normalized spacial score (nSPS) is 13.9. The summed E-state index contributed by atoms with van der Waals surface area (Å²) >= 11 is 1.24. The molecule has 74 heavy (non-hydrogen) atoms. The fourth-order valence-corrected chi connectivity index (χ4v) is 6.85. The predicted molar refractivity (Wildman–Crippen MR) is 265 cm³/mol. The summed E-state index contributed by atoms with van der Waals surface area (Å²) in [6.45, 7) is 2.16. The molecule has 0 spiro atoms. The Kier molecular flexibility index (Phi) is 31.4. The van der Waals surface area contributed by atoms with Crippen LogP contribution in [0.25, 0.3) is 0 Å². The van der Waals surface area contributed by atoms with Gasteiger partial charge in [-0.3, -0.25) is 72.3 Å². The van der Waals surface area contributed by atoms with Gasteiger partial charge in [0, 0.05) is 39.3 Å². The van der Waals surface area contributed by atoms with Crippen molar-refractivity contribution in [3.63, 3.8) is 0 Å². The van der Waals surface area contributed by atoms with E-state index in [-0.39, 0.29) is 75.7 Å². The van der Waals surface area contributed by atoms with E-state index in [2.05, 4.69) is 52.5 Å². The predicted octanol–water partition coefficient (Wildman–Crippen LogP) is -7.88. The first kappa shape index (κ1) is 66.0. The molecule has 0 saturated carbocycles. The van der Waals surface area contributed by atoms with Crippen LogP contribution in [0.1, 0.15) is 90.9 Å². The quantitative estimate of drug-likeness (QED) is 0.0155. The van der Waals surface area contributed by atoms with Crippen molar-refractivity contribution < 1.29 is 72.5 Å². The lowest BCUT2D eigenvalue weighted by Crippen LogP contribution is -2.60. The molecule has 0 aromatic heterocycles. The van der Waals surface area contributed by atoms with Gasteiger partial charge in [0.05, 0.1) is 6.42 Å². The monoisotopic (exact) mass is 1070 g/mol. The Labute approximate surface area is 429 Å². The minimum atomic E-state index is -1.66. The minimum absolute atomic E-state index is 0.0174. The maximum absolute atomic E-state index is 14.1. The van der Waals surface area contributed by atoms with E-state index in [4.69, 9.17) is 45.2 Å². The molecule has 0 rings (SSSR count). The number of carbonyl (C=O) groups is 13. The molecule has 8 atom stereocenters. The first-order chi connectivity index (χ1) is 34.6. The number of nitrogens with zero attached hydrogens (tertiary/aromatic N) is 2. The van der Waals surface area contributed by atoms with E-state index < -0.39 is 157 Å². The average Bonchev–Trinajstić information content (AvgIpc) is 3.29. The maximum atomic E-state index is 14.1. The lowest BCUT2D eigenvalue weighted by atomic mass is 10.0. The molecule has 32 nitrogen and oxygen atoms in total. The standard InChI is InChI=1S/C41H71N17O15S/c1-19(33(67)58-27(32(44)66)18-31(64)65)51-34(68)21(6-4-15-49-40(45)46)53-35(69)22(7-5-16-50-41(47)48)54-37(71)24(9-12-29(43)61)55-39(73)26(14-17-74-3)57-38(72)25(10-13-30(62)63)56-36(70)23(52-20(2)59)8-11-28(42)60/h19,21-27H,4-18H2,1-3H3,(H2,42,60)(H2,43,61)(H2,44,66)(H,51,68)(H,52,59)(H,53,69)(H,54,71)(H,55,73)(H,56,70)(H,57,72)(H,58,67)(H,62,63)(H,64,65)(H4,45,46,49)(H4,47,48,50)/t19-,21-,22-,23-,24-,25-,26-,27-/m0/s1. The molecular weight excluding hydrogens is 1000 g/mol. The number of aliphatic imine (C=N–C) groups is 2. The topological polar surface area (TPSA) is 565 Å². The zero-order valence-electron chi connectivity index (χ0n) is 41.3. The summed E-state index contributed by atoms with van der Waals surface area (Å²) in [5.74, 6) is -13.9. The van der Waals surface area contributed by atoms with Crippen molar-refractivity contribution in [1.29, 1.82) is 0 Å². The summed E-state index contributed by atoms with van der Waals surface area (Å²) < 4.78 is 0. The SMILES string of the molecule is CSCC[C@H](NC(=O)[C@H](CCC(=O)O)NC(=O)[C@H](CCC(N)=O)NC(C)=O)C(=O)N[C@@H](CCC(N)=O)C(=O)N[C@@H](CCCN=C(N)N)C(=O)N[C@@H](CCCN=C(N)N)C(=O)N[C@@H](C)C(=O)N[C@@H](CC(=O)O)C(N)=O. The van der Waals surface area contributed by atoms with Crippen molar-refractivity contribution in [1.82, 2.24) is 42.5 Å². The van der Waals surface area contributed by atoms with Gasteiger partial charge in [-0.25, -0.2) is 0 Å². The highest BCUT2D eigenvalue weighted by molar-refractivity contribution is 7.98. The molecule has 33 heteroatoms. The first-order valence-corrected chi connectivity index (χ1v) is 24.3. The molecule has 0 saturated heterocycles. The smallest absolute Gasteiger partial charge is 0.305 e. The van der Waals surface area contributed by atoms with Gasteiger partial charge in [0.15, 0.2) is 11.9 Å². The molecule has 416 valence electrons. The summed E-state index contributed by atoms with van der Waals surface area (Å²) in [5, 5.41) is 37.5. The lowest BCUT2D eigenvalue weighted by Gasteiger charge is -2.28. The third-order valence-corrected chi connectivity index (χ3v) is 10.8. The summed E-state index contributed by atoms with van der Waals surface area (Å²) in [7, 11) is 0. The Morgan fingerprint density at radius 3 is 1.11 bits per heavy atom. The van der Waals surface area contributed by atoms with Crippen LogP contribution in [0.15, 0.2) is 9.98 Å². The Bertz CT molecular complexity index is 2070. The number of hydrogen-bond donors (Lipinski definition) is 17. The summed E-state index contributed by atoms with van der Waals surface area (Å²) in [5.41, 5.74) is 37.5. The second kappa shape index (κ2) is 35.2. The molecule has 24 N–H and O–H groups in total. The van der Waals surface area contributed by atoms with Crippen molar-refractivity contribution >= 4 is 101 Å². The fourth-order valence-electron chi connectivity index (χ4n) is 6.38. The van der Waals surface area contributed by atoms with Crippen LogP contribution in [-0.4, -0.2) is 172 Å². The van der Waals surface area contributed by atoms with Crippen molar-refractivity contribution in [2.24, 2.45) is 50.1 Å². The summed E-state index contributed by atoms with van der Waals surface area (Å²) in [4.78, 5) is 173. The number of rotatable bonds is 38. The van der Waals surface area contributed by atoms with E-state index in [1.54, 1.807) is 6.26 Å². The third kappa shape index (κ3) is 29.4. The molecule has 0 aromatic rings. The van der Waals surface area contributed by atoms with Crippen molar-refractivity contribution in [3.05, 3.63) is 0 Å². The Morgan fingerprint density at radius 2 is 0.784 bits per heavy atom. The van der Waals surface area contributed by atoms with Crippen LogP contribution in [0, 0.1) is 0 Å². The number of nitrogens with two attached hydrogens (primary N) is 7. The molecular formula is C41H71N17O15S. The minimum Gasteiger partial charge on any atom is -0.481 e. The van der Waals surface area contributed by atoms with Crippen molar-refractivity contribution in [2.75, 3.05) is 25.1 Å². The van der Waals surface area contributed by atoms with Crippen LogP contribution < -0.4 is 82.7 Å². The number of thioether (sulfide) groups is 1. The van der Waals surface area contributed by atoms with Crippen molar-refractivity contribution in [2.45, 2.75) is 139 Å². The van der Waals surface area contributed by atoms with Gasteiger partial charge < -0.3 is 92.9 Å². The zero-order chi connectivity index (χ0) is 56.7. The maximum Gasteiger partial charge on any atom is 0.305 e. The number of hydrogen-bond acceptors (Lipinski definition) is 16. The van der Waals surface area contributed by atoms with Crippen molar-refractivity contribution in [3.8, 4) is 0 Å². The Hall–Kier alpha value is -8.00. The molecule has 0 fully saturated rings.